The van der Waals surface area contributed by atoms with E-state index in [4.69, 9.17) is 22.9 Å². The van der Waals surface area contributed by atoms with Gasteiger partial charge in [-0.15, -0.1) is 47.0 Å². The van der Waals surface area contributed by atoms with Crippen molar-refractivity contribution in [3.8, 4) is 0 Å². The zero-order valence-electron chi connectivity index (χ0n) is 42.5. The molecule has 0 unspecified atom stereocenters. The first kappa shape index (κ1) is 64.0. The van der Waals surface area contributed by atoms with Gasteiger partial charge in [0.25, 0.3) is 0 Å². The SMILES string of the molecule is NCCCCCCCCCCCCSC1=C(SCCCCCCCCCCCCN)SC(=C2SC(SCCCCCCCCCCCCN)=C(SCCCCCCCCCCCCN)S2)S1. The van der Waals surface area contributed by atoms with Crippen molar-refractivity contribution in [2.24, 2.45) is 22.9 Å². The molecule has 4 nitrogen and oxygen atoms in total. The summed E-state index contributed by atoms with van der Waals surface area (Å²) in [5.74, 6) is 5.08. The van der Waals surface area contributed by atoms with Gasteiger partial charge in [-0.2, -0.15) is 0 Å². The predicted octanol–water partition coefficient (Wildman–Crippen LogP) is 19.7. The van der Waals surface area contributed by atoms with Gasteiger partial charge in [0.15, 0.2) is 0 Å². The third-order valence-corrected chi connectivity index (χ3v) is 24.5. The fourth-order valence-corrected chi connectivity index (χ4v) is 20.6. The van der Waals surface area contributed by atoms with Crippen LogP contribution >= 0.6 is 94.1 Å². The number of rotatable bonds is 52. The van der Waals surface area contributed by atoms with Crippen LogP contribution in [0.15, 0.2) is 25.4 Å². The maximum atomic E-state index is 5.67. The van der Waals surface area contributed by atoms with Crippen LogP contribution in [0.5, 0.6) is 0 Å². The molecular weight excluding hydrogens is 961 g/mol. The van der Waals surface area contributed by atoms with Crippen molar-refractivity contribution in [2.75, 3.05) is 49.2 Å². The monoisotopic (exact) mass is 1060 g/mol. The minimum atomic E-state index is 0.854. The van der Waals surface area contributed by atoms with Crippen molar-refractivity contribution in [1.29, 1.82) is 0 Å². The average Bonchev–Trinajstić information content (AvgIpc) is 3.93. The van der Waals surface area contributed by atoms with Crippen LogP contribution < -0.4 is 22.9 Å². The first-order chi connectivity index (χ1) is 32.7. The Bertz CT molecular complexity index is 1010. The summed E-state index contributed by atoms with van der Waals surface area (Å²) in [6.07, 6.45) is 54.6. The topological polar surface area (TPSA) is 104 Å². The number of thioether (sulfide) groups is 8. The van der Waals surface area contributed by atoms with Crippen LogP contribution in [0.2, 0.25) is 0 Å². The van der Waals surface area contributed by atoms with Crippen molar-refractivity contribution in [3.05, 3.63) is 25.4 Å². The van der Waals surface area contributed by atoms with Crippen LogP contribution in [0.3, 0.4) is 0 Å². The van der Waals surface area contributed by atoms with E-state index in [-0.39, 0.29) is 0 Å². The summed E-state index contributed by atoms with van der Waals surface area (Å²) in [4.78, 5) is 0. The Morgan fingerprint density at radius 1 is 0.197 bits per heavy atom. The Labute approximate surface area is 444 Å². The van der Waals surface area contributed by atoms with Gasteiger partial charge in [-0.25, -0.2) is 0 Å². The molecule has 0 aliphatic carbocycles. The number of nitrogens with two attached hydrogens (primary N) is 4. The van der Waals surface area contributed by atoms with Gasteiger partial charge in [-0.3, -0.25) is 0 Å². The van der Waals surface area contributed by atoms with E-state index in [1.807, 2.05) is 0 Å². The molecule has 0 radical (unpaired) electrons. The second-order valence-corrected chi connectivity index (χ2v) is 28.9. The van der Waals surface area contributed by atoms with Gasteiger partial charge in [0.2, 0.25) is 0 Å². The Balaban J connectivity index is 1.90. The van der Waals surface area contributed by atoms with E-state index in [0.717, 1.165) is 26.2 Å². The highest BCUT2D eigenvalue weighted by Crippen LogP contribution is 2.66. The van der Waals surface area contributed by atoms with E-state index in [9.17, 15) is 0 Å². The molecule has 2 aliphatic heterocycles. The number of hydrogen-bond donors (Lipinski definition) is 4. The van der Waals surface area contributed by atoms with Crippen molar-refractivity contribution in [1.82, 2.24) is 0 Å². The fraction of sp³-hybridized carbons (Fsp3) is 0.889. The molecule has 8 N–H and O–H groups in total. The summed E-state index contributed by atoms with van der Waals surface area (Å²) >= 11 is 17.2. The summed E-state index contributed by atoms with van der Waals surface area (Å²) in [5.41, 5.74) is 22.7. The van der Waals surface area contributed by atoms with Gasteiger partial charge >= 0.3 is 0 Å². The minimum absolute atomic E-state index is 0.854. The Hall–Kier alpha value is 1.86. The van der Waals surface area contributed by atoms with Crippen LogP contribution in [0.1, 0.15) is 257 Å². The zero-order chi connectivity index (χ0) is 47.1. The predicted molar refractivity (Wildman–Crippen MR) is 322 cm³/mol. The van der Waals surface area contributed by atoms with Gasteiger partial charge in [-0.05, 0) is 101 Å². The largest absolute Gasteiger partial charge is 0.330 e. The van der Waals surface area contributed by atoms with E-state index >= 15 is 0 Å². The smallest absolute Gasteiger partial charge is 0.0717 e. The highest BCUT2D eigenvalue weighted by molar-refractivity contribution is 8.45. The molecule has 388 valence electrons. The summed E-state index contributed by atoms with van der Waals surface area (Å²) in [7, 11) is 0. The molecule has 0 aromatic carbocycles. The molecule has 0 aromatic heterocycles. The van der Waals surface area contributed by atoms with Crippen molar-refractivity contribution in [2.45, 2.75) is 257 Å². The first-order valence-electron chi connectivity index (χ1n) is 28.0. The van der Waals surface area contributed by atoms with Gasteiger partial charge in [0.1, 0.15) is 0 Å². The maximum absolute atomic E-state index is 5.67. The molecule has 0 fully saturated rings. The molecule has 0 bridgehead atoms. The van der Waals surface area contributed by atoms with Crippen molar-refractivity contribution >= 4 is 94.1 Å². The lowest BCUT2D eigenvalue weighted by molar-refractivity contribution is 0.559. The Morgan fingerprint density at radius 3 is 0.485 bits per heavy atom. The number of hydrogen-bond acceptors (Lipinski definition) is 12. The maximum Gasteiger partial charge on any atom is 0.0717 e. The first-order valence-corrected chi connectivity index (χ1v) is 35.2. The third-order valence-electron chi connectivity index (χ3n) is 12.6. The fourth-order valence-electron chi connectivity index (χ4n) is 8.37. The van der Waals surface area contributed by atoms with Crippen LogP contribution in [0.4, 0.5) is 0 Å². The highest BCUT2D eigenvalue weighted by Gasteiger charge is 2.31. The normalized spacial score (nSPS) is 14.4. The lowest BCUT2D eigenvalue weighted by atomic mass is 10.1. The zero-order valence-corrected chi connectivity index (χ0v) is 49.0. The van der Waals surface area contributed by atoms with Gasteiger partial charge < -0.3 is 22.9 Å². The van der Waals surface area contributed by atoms with Crippen molar-refractivity contribution in [3.63, 3.8) is 0 Å². The summed E-state index contributed by atoms with van der Waals surface area (Å²) in [5, 5.41) is 0. The quantitative estimate of drug-likeness (QED) is 0.0436. The van der Waals surface area contributed by atoms with Crippen LogP contribution in [0.25, 0.3) is 0 Å². The molecular formula is C54H104N4S8. The minimum Gasteiger partial charge on any atom is -0.330 e. The molecule has 12 heteroatoms. The van der Waals surface area contributed by atoms with Crippen LogP contribution in [-0.2, 0) is 0 Å². The third kappa shape index (κ3) is 37.6. The molecule has 0 spiro atoms. The summed E-state index contributed by atoms with van der Waals surface area (Å²) in [6.45, 7) is 3.42. The standard InChI is InChI=1S/C54H104N4S8/c55-41-33-25-17-9-1-5-13-21-29-37-45-59-49-50(60-46-38-30-22-14-6-2-10-18-26-34-42-56)64-53(63-49)54-65-51(61-47-39-31-23-15-7-3-11-19-27-35-43-57)52(66-54)62-48-40-32-24-16-8-4-12-20-28-36-44-58/h1-48,55-58H2. The van der Waals surface area contributed by atoms with E-state index in [1.165, 1.54) is 280 Å². The second kappa shape index (κ2) is 50.4. The van der Waals surface area contributed by atoms with Gasteiger partial charge in [0.05, 0.1) is 25.4 Å². The molecule has 0 atom stereocenters. The molecule has 2 heterocycles. The van der Waals surface area contributed by atoms with E-state index in [0.29, 0.717) is 0 Å². The molecule has 0 amide bonds. The van der Waals surface area contributed by atoms with E-state index in [1.54, 1.807) is 25.4 Å². The Kier molecular flexibility index (Phi) is 48.8. The summed E-state index contributed by atoms with van der Waals surface area (Å²) in [6, 6.07) is 0. The van der Waals surface area contributed by atoms with Gasteiger partial charge in [0, 0.05) is 0 Å². The second-order valence-electron chi connectivity index (χ2n) is 18.8. The highest BCUT2D eigenvalue weighted by atomic mass is 32.3. The molecule has 0 saturated heterocycles. The van der Waals surface area contributed by atoms with Crippen LogP contribution in [0, 0.1) is 0 Å². The average molecular weight is 1070 g/mol. The van der Waals surface area contributed by atoms with E-state index < -0.39 is 0 Å². The van der Waals surface area contributed by atoms with Crippen LogP contribution in [-0.4, -0.2) is 49.2 Å². The molecule has 66 heavy (non-hydrogen) atoms. The van der Waals surface area contributed by atoms with Crippen molar-refractivity contribution < 1.29 is 0 Å². The lowest BCUT2D eigenvalue weighted by Crippen LogP contribution is -1.97. The number of unbranched alkanes of at least 4 members (excludes halogenated alkanes) is 36. The van der Waals surface area contributed by atoms with Gasteiger partial charge in [-0.1, -0.05) is 253 Å². The lowest BCUT2D eigenvalue weighted by Gasteiger charge is -2.06. The van der Waals surface area contributed by atoms with E-state index in [2.05, 4.69) is 94.1 Å². The Morgan fingerprint density at radius 2 is 0.333 bits per heavy atom. The molecule has 0 aromatic rings. The summed E-state index contributed by atoms with van der Waals surface area (Å²) < 4.78 is 9.61. The molecule has 0 saturated carbocycles. The molecule has 2 rings (SSSR count). The molecule has 2 aliphatic rings.